The fourth-order valence-corrected chi connectivity index (χ4v) is 3.27. The van der Waals surface area contributed by atoms with E-state index in [1.54, 1.807) is 12.4 Å². The molecule has 0 spiro atoms. The number of thiophene rings is 1. The second-order valence-electron chi connectivity index (χ2n) is 5.53. The molecule has 116 valence electrons. The number of hydrogen-bond donors (Lipinski definition) is 0. The maximum Gasteiger partial charge on any atom is 0.277 e. The van der Waals surface area contributed by atoms with Crippen LogP contribution in [0.3, 0.4) is 0 Å². The van der Waals surface area contributed by atoms with E-state index in [1.165, 1.54) is 17.7 Å². The van der Waals surface area contributed by atoms with Crippen LogP contribution in [0.15, 0.2) is 52.9 Å². The molecule has 3 aromatic rings. The molecule has 1 saturated carbocycles. The van der Waals surface area contributed by atoms with E-state index in [9.17, 15) is 4.79 Å². The van der Waals surface area contributed by atoms with Gasteiger partial charge in [0.15, 0.2) is 17.8 Å². The lowest BCUT2D eigenvalue weighted by atomic mass is 10.2. The highest BCUT2D eigenvalue weighted by molar-refractivity contribution is 7.13. The Hall–Kier alpha value is -2.47. The Balaban J connectivity index is 1.63. The van der Waals surface area contributed by atoms with Gasteiger partial charge in [0.1, 0.15) is 0 Å². The van der Waals surface area contributed by atoms with Crippen molar-refractivity contribution in [3.63, 3.8) is 0 Å². The van der Waals surface area contributed by atoms with Crippen LogP contribution < -0.4 is 0 Å². The molecule has 0 bridgehead atoms. The molecule has 0 unspecified atom stereocenters. The normalized spacial score (nSPS) is 13.9. The topological polar surface area (TPSA) is 59.2 Å². The van der Waals surface area contributed by atoms with E-state index in [-0.39, 0.29) is 11.9 Å². The third kappa shape index (κ3) is 2.90. The van der Waals surface area contributed by atoms with Crippen molar-refractivity contribution >= 4 is 17.2 Å². The van der Waals surface area contributed by atoms with Crippen molar-refractivity contribution in [1.29, 1.82) is 0 Å². The zero-order valence-electron chi connectivity index (χ0n) is 12.4. The highest BCUT2D eigenvalue weighted by Gasteiger charge is 2.35. The summed E-state index contributed by atoms with van der Waals surface area (Å²) < 4.78 is 5.47. The second kappa shape index (κ2) is 5.96. The van der Waals surface area contributed by atoms with Crippen LogP contribution in [0.25, 0.3) is 10.6 Å². The number of nitrogens with zero attached hydrogens (tertiary/aromatic N) is 3. The van der Waals surface area contributed by atoms with Gasteiger partial charge in [-0.05, 0) is 35.9 Å². The molecule has 0 radical (unpaired) electrons. The van der Waals surface area contributed by atoms with E-state index in [4.69, 9.17) is 4.42 Å². The first kappa shape index (κ1) is 14.1. The molecule has 0 aliphatic heterocycles. The molecule has 0 atom stereocenters. The second-order valence-corrected chi connectivity index (χ2v) is 6.48. The molecular weight excluding hydrogens is 310 g/mol. The molecule has 0 saturated heterocycles. The van der Waals surface area contributed by atoms with Crippen molar-refractivity contribution in [3.05, 3.63) is 59.7 Å². The van der Waals surface area contributed by atoms with Gasteiger partial charge in [0, 0.05) is 25.0 Å². The van der Waals surface area contributed by atoms with Gasteiger partial charge in [0.25, 0.3) is 5.91 Å². The number of oxazole rings is 1. The predicted octanol–water partition coefficient (Wildman–Crippen LogP) is 3.60. The molecule has 1 aliphatic carbocycles. The summed E-state index contributed by atoms with van der Waals surface area (Å²) in [6, 6.07) is 8.03. The lowest BCUT2D eigenvalue weighted by Crippen LogP contribution is -2.33. The van der Waals surface area contributed by atoms with E-state index in [1.807, 2.05) is 34.5 Å². The van der Waals surface area contributed by atoms with Gasteiger partial charge in [0.2, 0.25) is 0 Å². The molecule has 0 N–H and O–H groups in total. The van der Waals surface area contributed by atoms with Crippen LogP contribution in [-0.2, 0) is 6.54 Å². The number of hydrogen-bond acceptors (Lipinski definition) is 5. The van der Waals surface area contributed by atoms with Crippen molar-refractivity contribution in [3.8, 4) is 10.6 Å². The zero-order valence-corrected chi connectivity index (χ0v) is 13.2. The highest BCUT2D eigenvalue weighted by atomic mass is 32.1. The van der Waals surface area contributed by atoms with E-state index in [2.05, 4.69) is 9.97 Å². The average Bonchev–Trinajstić information content (AvgIpc) is 3.08. The molecule has 1 amide bonds. The number of carbonyl (C=O) groups is 1. The molecule has 23 heavy (non-hydrogen) atoms. The fourth-order valence-electron chi connectivity index (χ4n) is 2.56. The van der Waals surface area contributed by atoms with Crippen molar-refractivity contribution in [1.82, 2.24) is 14.9 Å². The number of rotatable bonds is 5. The Kier molecular flexibility index (Phi) is 3.67. The van der Waals surface area contributed by atoms with Crippen molar-refractivity contribution in [2.45, 2.75) is 25.4 Å². The smallest absolute Gasteiger partial charge is 0.277 e. The van der Waals surface area contributed by atoms with Crippen LogP contribution in [0.4, 0.5) is 0 Å². The molecule has 5 nitrogen and oxygen atoms in total. The molecule has 3 heterocycles. The summed E-state index contributed by atoms with van der Waals surface area (Å²) in [5, 5.41) is 1.96. The predicted molar refractivity (Wildman–Crippen MR) is 86.9 cm³/mol. The van der Waals surface area contributed by atoms with Gasteiger partial charge in [-0.3, -0.25) is 9.78 Å². The van der Waals surface area contributed by atoms with Gasteiger partial charge in [-0.1, -0.05) is 12.1 Å². The molecular formula is C17H15N3O2S. The zero-order chi connectivity index (χ0) is 15.6. The summed E-state index contributed by atoms with van der Waals surface area (Å²) in [4.78, 5) is 24.1. The minimum Gasteiger partial charge on any atom is -0.442 e. The largest absolute Gasteiger partial charge is 0.442 e. The van der Waals surface area contributed by atoms with Gasteiger partial charge in [0.05, 0.1) is 4.88 Å². The minimum absolute atomic E-state index is 0.0755. The lowest BCUT2D eigenvalue weighted by Gasteiger charge is -2.21. The van der Waals surface area contributed by atoms with Crippen LogP contribution in [0, 0.1) is 0 Å². The number of aromatic nitrogens is 2. The SMILES string of the molecule is O=C(c1ncoc1-c1cccs1)N(Cc1cccnc1)C1CC1. The Labute approximate surface area is 137 Å². The Bertz CT molecular complexity index is 794. The lowest BCUT2D eigenvalue weighted by molar-refractivity contribution is 0.0725. The Morgan fingerprint density at radius 1 is 1.35 bits per heavy atom. The first-order valence-corrected chi connectivity index (χ1v) is 8.38. The summed E-state index contributed by atoms with van der Waals surface area (Å²) in [5.41, 5.74) is 1.41. The first-order valence-electron chi connectivity index (χ1n) is 7.50. The van der Waals surface area contributed by atoms with E-state index in [0.717, 1.165) is 23.3 Å². The average molecular weight is 325 g/mol. The molecule has 1 aliphatic rings. The van der Waals surface area contributed by atoms with Gasteiger partial charge >= 0.3 is 0 Å². The third-order valence-corrected chi connectivity index (χ3v) is 4.71. The maximum atomic E-state index is 13.0. The Morgan fingerprint density at radius 3 is 2.96 bits per heavy atom. The van der Waals surface area contributed by atoms with E-state index < -0.39 is 0 Å². The summed E-state index contributed by atoms with van der Waals surface area (Å²) in [7, 11) is 0. The molecule has 4 rings (SSSR count). The van der Waals surface area contributed by atoms with Crippen LogP contribution >= 0.6 is 11.3 Å². The summed E-state index contributed by atoms with van der Waals surface area (Å²) >= 11 is 1.54. The Morgan fingerprint density at radius 2 is 2.26 bits per heavy atom. The van der Waals surface area contributed by atoms with Gasteiger partial charge in [-0.25, -0.2) is 4.98 Å². The van der Waals surface area contributed by atoms with Crippen LogP contribution in [0.5, 0.6) is 0 Å². The van der Waals surface area contributed by atoms with Gasteiger partial charge in [-0.2, -0.15) is 0 Å². The van der Waals surface area contributed by atoms with Crippen LogP contribution in [0.1, 0.15) is 28.9 Å². The number of carbonyl (C=O) groups excluding carboxylic acids is 1. The van der Waals surface area contributed by atoms with Crippen LogP contribution in [0.2, 0.25) is 0 Å². The quantitative estimate of drug-likeness (QED) is 0.719. The monoisotopic (exact) mass is 325 g/mol. The van der Waals surface area contributed by atoms with Gasteiger partial charge < -0.3 is 9.32 Å². The van der Waals surface area contributed by atoms with Crippen LogP contribution in [-0.4, -0.2) is 26.8 Å². The first-order chi connectivity index (χ1) is 11.3. The molecule has 6 heteroatoms. The van der Waals surface area contributed by atoms with Crippen molar-refractivity contribution < 1.29 is 9.21 Å². The van der Waals surface area contributed by atoms with Gasteiger partial charge in [-0.15, -0.1) is 11.3 Å². The third-order valence-electron chi connectivity index (χ3n) is 3.84. The fraction of sp³-hybridized carbons (Fsp3) is 0.235. The highest BCUT2D eigenvalue weighted by Crippen LogP contribution is 2.33. The number of amides is 1. The van der Waals surface area contributed by atoms with Crippen molar-refractivity contribution in [2.75, 3.05) is 0 Å². The number of pyridine rings is 1. The molecule has 0 aromatic carbocycles. The van der Waals surface area contributed by atoms with E-state index >= 15 is 0 Å². The summed E-state index contributed by atoms with van der Waals surface area (Å²) in [6.07, 6.45) is 6.96. The molecule has 1 fully saturated rings. The summed E-state index contributed by atoms with van der Waals surface area (Å²) in [5.74, 6) is 0.482. The standard InChI is InChI=1S/C17H15N3O2S/c21-17(15-16(22-11-19-15)14-4-2-8-23-14)20(13-5-6-13)10-12-3-1-7-18-9-12/h1-4,7-9,11,13H,5-6,10H2. The maximum absolute atomic E-state index is 13.0. The summed E-state index contributed by atoms with van der Waals surface area (Å²) in [6.45, 7) is 0.550. The van der Waals surface area contributed by atoms with E-state index in [0.29, 0.717) is 18.0 Å². The molecule has 3 aromatic heterocycles. The van der Waals surface area contributed by atoms with Crippen molar-refractivity contribution in [2.24, 2.45) is 0 Å². The minimum atomic E-state index is -0.0755.